The Hall–Kier alpha value is 0.0938. The zero-order valence-electron chi connectivity index (χ0n) is 12.0. The van der Waals surface area contributed by atoms with E-state index in [4.69, 9.17) is 9.47 Å². The molecule has 0 aromatic heterocycles. The van der Waals surface area contributed by atoms with Gasteiger partial charge in [-0.3, -0.25) is 0 Å². The Kier molecular flexibility index (Phi) is 4.86. The van der Waals surface area contributed by atoms with E-state index in [1.54, 1.807) is 0 Å². The summed E-state index contributed by atoms with van der Waals surface area (Å²) in [6.07, 6.45) is 7.54. The van der Waals surface area contributed by atoms with Crippen molar-refractivity contribution in [3.05, 3.63) is 12.3 Å². The summed E-state index contributed by atoms with van der Waals surface area (Å²) < 4.78 is 12.9. The number of ether oxygens (including phenoxy) is 2. The van der Waals surface area contributed by atoms with Gasteiger partial charge in [-0.15, -0.1) is 12.3 Å². The van der Waals surface area contributed by atoms with Crippen LogP contribution in [0.4, 0.5) is 0 Å². The quantitative estimate of drug-likeness (QED) is 0.737. The topological polar surface area (TPSA) is 18.5 Å². The van der Waals surface area contributed by atoms with E-state index in [1.807, 2.05) is 0 Å². The molecule has 2 atom stereocenters. The average Bonchev–Trinajstić information content (AvgIpc) is 2.40. The van der Waals surface area contributed by atoms with Crippen molar-refractivity contribution in [1.29, 1.82) is 0 Å². The van der Waals surface area contributed by atoms with Gasteiger partial charge in [-0.25, -0.2) is 0 Å². The highest BCUT2D eigenvalue weighted by molar-refractivity contribution is 6.62. The van der Waals surface area contributed by atoms with Crippen LogP contribution in [0.25, 0.3) is 0 Å². The highest BCUT2D eigenvalue weighted by Gasteiger charge is 2.55. The molecule has 0 aromatic rings. The number of rotatable bonds is 4. The summed E-state index contributed by atoms with van der Waals surface area (Å²) in [5.74, 6) is 0. The first-order valence-corrected chi connectivity index (χ1v) is 12.0. The highest BCUT2D eigenvalue weighted by Crippen LogP contribution is 2.44. The maximum absolute atomic E-state index is 6.45. The maximum Gasteiger partial charge on any atom is 0.0860 e. The Balaban J connectivity index is 2.32. The minimum atomic E-state index is -0.920. The lowest BCUT2D eigenvalue weighted by molar-refractivity contribution is -0.162. The van der Waals surface area contributed by atoms with Crippen molar-refractivity contribution >= 4 is 18.3 Å². The van der Waals surface area contributed by atoms with Crippen molar-refractivity contribution in [3.63, 3.8) is 0 Å². The van der Waals surface area contributed by atoms with Crippen molar-refractivity contribution in [2.24, 2.45) is 0 Å². The third kappa shape index (κ3) is 2.40. The van der Waals surface area contributed by atoms with Crippen molar-refractivity contribution in [1.82, 2.24) is 0 Å². The van der Waals surface area contributed by atoms with Gasteiger partial charge in [0.2, 0.25) is 0 Å². The molecule has 2 heterocycles. The van der Waals surface area contributed by atoms with Gasteiger partial charge in [-0.1, -0.05) is 13.1 Å². The molecule has 0 amide bonds. The van der Waals surface area contributed by atoms with Crippen molar-refractivity contribution in [2.75, 3.05) is 13.2 Å². The molecule has 0 saturated carbocycles. The van der Waals surface area contributed by atoms with Crippen molar-refractivity contribution < 1.29 is 9.47 Å². The molecule has 104 valence electrons. The smallest absolute Gasteiger partial charge is 0.0860 e. The van der Waals surface area contributed by atoms with Crippen LogP contribution in [-0.2, 0) is 9.47 Å². The molecular weight excluding hydrogens is 256 g/mol. The molecule has 0 aromatic carbocycles. The third-order valence-corrected chi connectivity index (χ3v) is 10.2. The SMILES string of the molecule is C=C[SiH2]C1(C2([SiH](C)C)CCCCO2)CCCCO1. The Bertz CT molecular complexity index is 280. The second-order valence-electron chi connectivity index (χ2n) is 6.14. The molecule has 0 radical (unpaired) electrons. The first kappa shape index (κ1) is 14.5. The second-order valence-corrected chi connectivity index (χ2v) is 11.5. The lowest BCUT2D eigenvalue weighted by atomic mass is 9.96. The maximum atomic E-state index is 6.45. The summed E-state index contributed by atoms with van der Waals surface area (Å²) in [5.41, 5.74) is 2.18. The summed E-state index contributed by atoms with van der Waals surface area (Å²) in [6, 6.07) is 0. The third-order valence-electron chi connectivity index (χ3n) is 4.83. The van der Waals surface area contributed by atoms with Crippen molar-refractivity contribution in [3.8, 4) is 0 Å². The Morgan fingerprint density at radius 1 is 1.06 bits per heavy atom. The Morgan fingerprint density at radius 2 is 1.72 bits per heavy atom. The van der Waals surface area contributed by atoms with Gasteiger partial charge in [-0.05, 0) is 38.5 Å². The van der Waals surface area contributed by atoms with Crippen LogP contribution in [0.1, 0.15) is 38.5 Å². The molecule has 2 fully saturated rings. The Morgan fingerprint density at radius 3 is 2.17 bits per heavy atom. The number of hydrogen-bond donors (Lipinski definition) is 0. The van der Waals surface area contributed by atoms with E-state index >= 15 is 0 Å². The summed E-state index contributed by atoms with van der Waals surface area (Å²) >= 11 is 0. The van der Waals surface area contributed by atoms with Crippen LogP contribution in [0.5, 0.6) is 0 Å². The fourth-order valence-electron chi connectivity index (χ4n) is 3.91. The standard InChI is InChI=1S/C14H28O2Si2/c1-4-17-13(9-5-7-11-15-13)14(18(2)3)10-6-8-12-16-14/h4,18H,1,5-12,17H2,2-3H3. The summed E-state index contributed by atoms with van der Waals surface area (Å²) in [6.45, 7) is 10.8. The lowest BCUT2D eigenvalue weighted by Gasteiger charge is -2.55. The predicted molar refractivity (Wildman–Crippen MR) is 82.7 cm³/mol. The molecule has 2 aliphatic heterocycles. The van der Waals surface area contributed by atoms with E-state index in [2.05, 4.69) is 25.4 Å². The van der Waals surface area contributed by atoms with Gasteiger partial charge >= 0.3 is 0 Å². The minimum absolute atomic E-state index is 0.0772. The molecule has 2 nitrogen and oxygen atoms in total. The minimum Gasteiger partial charge on any atom is -0.376 e. The van der Waals surface area contributed by atoms with Gasteiger partial charge < -0.3 is 9.47 Å². The molecule has 2 aliphatic rings. The number of hydrogen-bond acceptors (Lipinski definition) is 2. The van der Waals surface area contributed by atoms with Gasteiger partial charge in [-0.2, -0.15) is 0 Å². The van der Waals surface area contributed by atoms with Crippen LogP contribution in [0.15, 0.2) is 12.3 Å². The molecule has 0 spiro atoms. The monoisotopic (exact) mass is 284 g/mol. The second kappa shape index (κ2) is 6.03. The molecular formula is C14H28O2Si2. The first-order chi connectivity index (χ1) is 8.67. The van der Waals surface area contributed by atoms with Gasteiger partial charge in [0.05, 0.1) is 28.8 Å². The van der Waals surface area contributed by atoms with E-state index in [0.717, 1.165) is 13.2 Å². The van der Waals surface area contributed by atoms with Gasteiger partial charge in [0.1, 0.15) is 0 Å². The fourth-order valence-corrected chi connectivity index (χ4v) is 9.81. The van der Waals surface area contributed by atoms with Gasteiger partial charge in [0.15, 0.2) is 0 Å². The molecule has 2 saturated heterocycles. The summed E-state index contributed by atoms with van der Waals surface area (Å²) in [7, 11) is -1.34. The molecule has 4 heteroatoms. The van der Waals surface area contributed by atoms with E-state index in [0.29, 0.717) is 0 Å². The molecule has 2 rings (SSSR count). The van der Waals surface area contributed by atoms with Gasteiger partial charge in [0, 0.05) is 13.2 Å². The zero-order chi connectivity index (χ0) is 13.1. The molecule has 2 unspecified atom stereocenters. The average molecular weight is 285 g/mol. The fraction of sp³-hybridized carbons (Fsp3) is 0.857. The van der Waals surface area contributed by atoms with Crippen LogP contribution >= 0.6 is 0 Å². The van der Waals surface area contributed by atoms with Crippen LogP contribution in [0, 0.1) is 0 Å². The van der Waals surface area contributed by atoms with Crippen LogP contribution in [-0.4, -0.2) is 42.0 Å². The summed E-state index contributed by atoms with van der Waals surface area (Å²) in [4.78, 5) is 0. The van der Waals surface area contributed by atoms with Crippen LogP contribution in [0.3, 0.4) is 0 Å². The largest absolute Gasteiger partial charge is 0.376 e. The van der Waals surface area contributed by atoms with E-state index < -0.39 is 18.3 Å². The molecule has 0 N–H and O–H groups in total. The van der Waals surface area contributed by atoms with Crippen LogP contribution in [0.2, 0.25) is 13.1 Å². The highest BCUT2D eigenvalue weighted by atomic mass is 28.3. The van der Waals surface area contributed by atoms with E-state index in [9.17, 15) is 0 Å². The first-order valence-electron chi connectivity index (χ1n) is 7.56. The Labute approximate surface area is 116 Å². The molecule has 18 heavy (non-hydrogen) atoms. The van der Waals surface area contributed by atoms with E-state index in [1.165, 1.54) is 38.5 Å². The lowest BCUT2D eigenvalue weighted by Crippen LogP contribution is -2.68. The van der Waals surface area contributed by atoms with Crippen molar-refractivity contribution in [2.45, 2.75) is 62.1 Å². The predicted octanol–water partition coefficient (Wildman–Crippen LogP) is 2.16. The van der Waals surface area contributed by atoms with Gasteiger partial charge in [0.25, 0.3) is 0 Å². The molecule has 0 bridgehead atoms. The summed E-state index contributed by atoms with van der Waals surface area (Å²) in [5, 5.41) is 0.180. The normalized spacial score (nSPS) is 38.4. The molecule has 0 aliphatic carbocycles. The van der Waals surface area contributed by atoms with E-state index in [-0.39, 0.29) is 10.4 Å². The van der Waals surface area contributed by atoms with Crippen LogP contribution < -0.4 is 0 Å². The zero-order valence-corrected chi connectivity index (χ0v) is 14.6.